The van der Waals surface area contributed by atoms with Crippen LogP contribution in [0.15, 0.2) is 36.7 Å². The van der Waals surface area contributed by atoms with Gasteiger partial charge in [-0.05, 0) is 36.6 Å². The Morgan fingerprint density at radius 3 is 2.41 bits per heavy atom. The summed E-state index contributed by atoms with van der Waals surface area (Å²) in [6.07, 6.45) is 3.30. The normalized spacial score (nSPS) is 12.4. The smallest absolute Gasteiger partial charge is 0.0846 e. The van der Waals surface area contributed by atoms with E-state index in [9.17, 15) is 5.11 Å². The molecule has 0 bridgehead atoms. The number of aliphatic hydroxyl groups is 1. The van der Waals surface area contributed by atoms with Crippen molar-refractivity contribution in [1.29, 1.82) is 0 Å². The van der Waals surface area contributed by atoms with Gasteiger partial charge in [0.25, 0.3) is 0 Å². The fraction of sp³-hybridized carbons (Fsp3) is 0.286. The highest BCUT2D eigenvalue weighted by atomic mass is 16.3. The van der Waals surface area contributed by atoms with Gasteiger partial charge in [-0.25, -0.2) is 0 Å². The van der Waals surface area contributed by atoms with Gasteiger partial charge in [0.2, 0.25) is 0 Å². The lowest BCUT2D eigenvalue weighted by Crippen LogP contribution is -2.05. The van der Waals surface area contributed by atoms with Gasteiger partial charge >= 0.3 is 0 Å². The average Bonchev–Trinajstić information content (AvgIpc) is 2.35. The molecule has 0 aliphatic heterocycles. The summed E-state index contributed by atoms with van der Waals surface area (Å²) in [5.41, 5.74) is 4.44. The zero-order chi connectivity index (χ0) is 12.3. The highest BCUT2D eigenvalue weighted by molar-refractivity contribution is 5.34. The average molecular weight is 228 g/mol. The molecule has 17 heavy (non-hydrogen) atoms. The molecule has 0 saturated heterocycles. The van der Waals surface area contributed by atoms with Crippen LogP contribution in [0.3, 0.4) is 0 Å². The van der Waals surface area contributed by atoms with Crippen molar-refractivity contribution in [3.63, 3.8) is 0 Å². The Labute approximate surface area is 101 Å². The van der Waals surface area contributed by atoms with E-state index in [0.717, 1.165) is 5.56 Å². The van der Waals surface area contributed by atoms with Gasteiger partial charge in [0.1, 0.15) is 0 Å². The molecule has 3 heteroatoms. The predicted molar refractivity (Wildman–Crippen MR) is 66.6 cm³/mol. The summed E-state index contributed by atoms with van der Waals surface area (Å²) in [7, 11) is 0. The first-order chi connectivity index (χ1) is 8.18. The maximum absolute atomic E-state index is 10.2. The summed E-state index contributed by atoms with van der Waals surface area (Å²) >= 11 is 0. The highest BCUT2D eigenvalue weighted by Gasteiger charge is 2.11. The van der Waals surface area contributed by atoms with Crippen LogP contribution >= 0.6 is 0 Å². The Morgan fingerprint density at radius 1 is 1.12 bits per heavy atom. The highest BCUT2D eigenvalue weighted by Crippen LogP contribution is 2.21. The summed E-state index contributed by atoms with van der Waals surface area (Å²) < 4.78 is 0. The van der Waals surface area contributed by atoms with Crippen molar-refractivity contribution in [3.8, 4) is 0 Å². The first-order valence-corrected chi connectivity index (χ1v) is 5.68. The van der Waals surface area contributed by atoms with Crippen LogP contribution in [0, 0.1) is 13.8 Å². The third-order valence-corrected chi connectivity index (χ3v) is 3.03. The second kappa shape index (κ2) is 5.06. The van der Waals surface area contributed by atoms with Gasteiger partial charge in [-0.3, -0.25) is 0 Å². The molecular weight excluding hydrogens is 212 g/mol. The molecule has 0 fully saturated rings. The van der Waals surface area contributed by atoms with Crippen LogP contribution in [0.4, 0.5) is 0 Å². The van der Waals surface area contributed by atoms with E-state index >= 15 is 0 Å². The molecule has 1 aromatic carbocycles. The molecule has 0 aliphatic carbocycles. The molecular formula is C14H16N2O. The van der Waals surface area contributed by atoms with Crippen LogP contribution < -0.4 is 0 Å². The number of aromatic nitrogens is 2. The minimum Gasteiger partial charge on any atom is -0.388 e. The number of aliphatic hydroxyl groups excluding tert-OH is 1. The number of benzene rings is 1. The SMILES string of the molecule is Cc1cccc(C)c1CC(O)c1ccnnc1. The van der Waals surface area contributed by atoms with E-state index in [1.807, 2.05) is 6.07 Å². The van der Waals surface area contributed by atoms with E-state index in [1.54, 1.807) is 18.5 Å². The van der Waals surface area contributed by atoms with E-state index in [-0.39, 0.29) is 0 Å². The van der Waals surface area contributed by atoms with Crippen LogP contribution in [0.5, 0.6) is 0 Å². The van der Waals surface area contributed by atoms with E-state index in [2.05, 4.69) is 36.2 Å². The lowest BCUT2D eigenvalue weighted by atomic mass is 9.95. The fourth-order valence-corrected chi connectivity index (χ4v) is 1.98. The second-order valence-corrected chi connectivity index (χ2v) is 4.27. The zero-order valence-corrected chi connectivity index (χ0v) is 10.1. The van der Waals surface area contributed by atoms with E-state index in [0.29, 0.717) is 6.42 Å². The fourth-order valence-electron chi connectivity index (χ4n) is 1.98. The van der Waals surface area contributed by atoms with Crippen molar-refractivity contribution >= 4 is 0 Å². The summed E-state index contributed by atoms with van der Waals surface area (Å²) in [5, 5.41) is 17.6. The van der Waals surface area contributed by atoms with Crippen molar-refractivity contribution < 1.29 is 5.11 Å². The Hall–Kier alpha value is -1.74. The summed E-state index contributed by atoms with van der Waals surface area (Å²) in [6, 6.07) is 7.97. The molecule has 1 aromatic heterocycles. The maximum Gasteiger partial charge on any atom is 0.0846 e. The quantitative estimate of drug-likeness (QED) is 0.877. The van der Waals surface area contributed by atoms with Crippen LogP contribution in [0.25, 0.3) is 0 Å². The molecule has 1 unspecified atom stereocenters. The third kappa shape index (κ3) is 2.68. The van der Waals surface area contributed by atoms with Gasteiger partial charge in [-0.15, -0.1) is 0 Å². The Balaban J connectivity index is 2.22. The molecule has 0 radical (unpaired) electrons. The molecule has 0 aliphatic rings. The molecule has 2 rings (SSSR count). The lowest BCUT2D eigenvalue weighted by molar-refractivity contribution is 0.177. The summed E-state index contributed by atoms with van der Waals surface area (Å²) in [6.45, 7) is 4.14. The van der Waals surface area contributed by atoms with Gasteiger partial charge < -0.3 is 5.11 Å². The zero-order valence-electron chi connectivity index (χ0n) is 10.1. The van der Waals surface area contributed by atoms with Crippen LogP contribution in [0.2, 0.25) is 0 Å². The van der Waals surface area contributed by atoms with Crippen molar-refractivity contribution in [3.05, 3.63) is 58.9 Å². The van der Waals surface area contributed by atoms with Crippen molar-refractivity contribution in [2.24, 2.45) is 0 Å². The van der Waals surface area contributed by atoms with Gasteiger partial charge in [0, 0.05) is 18.2 Å². The molecule has 88 valence electrons. The molecule has 0 amide bonds. The number of nitrogens with zero attached hydrogens (tertiary/aromatic N) is 2. The van der Waals surface area contributed by atoms with E-state index in [4.69, 9.17) is 0 Å². The van der Waals surface area contributed by atoms with Gasteiger partial charge in [0.05, 0.1) is 12.3 Å². The maximum atomic E-state index is 10.2. The molecule has 2 aromatic rings. The van der Waals surface area contributed by atoms with Gasteiger partial charge in [-0.1, -0.05) is 18.2 Å². The molecule has 1 heterocycles. The molecule has 1 atom stereocenters. The van der Waals surface area contributed by atoms with Crippen LogP contribution in [0.1, 0.15) is 28.4 Å². The standard InChI is InChI=1S/C14H16N2O/c1-10-4-3-5-11(2)13(10)8-14(17)12-6-7-15-16-9-12/h3-7,9,14,17H,8H2,1-2H3. The minimum atomic E-state index is -0.523. The second-order valence-electron chi connectivity index (χ2n) is 4.27. The Kier molecular flexibility index (Phi) is 3.49. The number of hydrogen-bond donors (Lipinski definition) is 1. The third-order valence-electron chi connectivity index (χ3n) is 3.03. The summed E-state index contributed by atoms with van der Waals surface area (Å²) in [5.74, 6) is 0. The molecule has 0 spiro atoms. The van der Waals surface area contributed by atoms with Crippen molar-refractivity contribution in [1.82, 2.24) is 10.2 Å². The van der Waals surface area contributed by atoms with Crippen LogP contribution in [-0.2, 0) is 6.42 Å². The lowest BCUT2D eigenvalue weighted by Gasteiger charge is -2.14. The minimum absolute atomic E-state index is 0.523. The van der Waals surface area contributed by atoms with Gasteiger partial charge in [-0.2, -0.15) is 10.2 Å². The van der Waals surface area contributed by atoms with E-state index < -0.39 is 6.10 Å². The van der Waals surface area contributed by atoms with Crippen LogP contribution in [-0.4, -0.2) is 15.3 Å². The topological polar surface area (TPSA) is 46.0 Å². The number of rotatable bonds is 3. The molecule has 1 N–H and O–H groups in total. The van der Waals surface area contributed by atoms with Crippen molar-refractivity contribution in [2.75, 3.05) is 0 Å². The number of hydrogen-bond acceptors (Lipinski definition) is 3. The molecule has 0 saturated carbocycles. The first kappa shape index (κ1) is 11.7. The Morgan fingerprint density at radius 2 is 1.82 bits per heavy atom. The monoisotopic (exact) mass is 228 g/mol. The Bertz CT molecular complexity index is 477. The predicted octanol–water partition coefficient (Wildman–Crippen LogP) is 2.37. The van der Waals surface area contributed by atoms with Gasteiger partial charge in [0.15, 0.2) is 0 Å². The summed E-state index contributed by atoms with van der Waals surface area (Å²) in [4.78, 5) is 0. The number of aryl methyl sites for hydroxylation is 2. The first-order valence-electron chi connectivity index (χ1n) is 5.68. The van der Waals surface area contributed by atoms with E-state index in [1.165, 1.54) is 16.7 Å². The largest absolute Gasteiger partial charge is 0.388 e. The molecule has 3 nitrogen and oxygen atoms in total. The van der Waals surface area contributed by atoms with Crippen molar-refractivity contribution in [2.45, 2.75) is 26.4 Å².